The van der Waals surface area contributed by atoms with Crippen LogP contribution in [0.2, 0.25) is 5.02 Å². The number of halogens is 1. The molecule has 2 aliphatic heterocycles. The normalized spacial score (nSPS) is 16.8. The maximum Gasteiger partial charge on any atom is 0.274 e. The minimum absolute atomic E-state index is 0.212. The minimum atomic E-state index is -0.964. The largest absolute Gasteiger partial charge is 0.492 e. The van der Waals surface area contributed by atoms with E-state index in [0.717, 1.165) is 47.8 Å². The molecule has 2 atom stereocenters. The molecular weight excluding hydrogens is 478 g/mol. The van der Waals surface area contributed by atoms with Crippen LogP contribution in [0.25, 0.3) is 10.8 Å². The van der Waals surface area contributed by atoms with Crippen LogP contribution in [-0.2, 0) is 16.2 Å². The fraction of sp³-hybridized carbons (Fsp3) is 0.357. The Balaban J connectivity index is 1.39. The number of benzene rings is 3. The number of carbonyl (C=O) groups excluding carboxylic acids is 1. The number of carbonyl (C=O) groups is 1. The Morgan fingerprint density at radius 1 is 1.22 bits per heavy atom. The third kappa shape index (κ3) is 5.05. The highest BCUT2D eigenvalue weighted by atomic mass is 35.5. The lowest BCUT2D eigenvalue weighted by atomic mass is 9.95. The van der Waals surface area contributed by atoms with Crippen molar-refractivity contribution in [2.45, 2.75) is 38.5 Å². The van der Waals surface area contributed by atoms with Crippen LogP contribution in [0.4, 0.5) is 0 Å². The number of amides is 1. The third-order valence-electron chi connectivity index (χ3n) is 6.74. The molecule has 5 rings (SSSR count). The summed E-state index contributed by atoms with van der Waals surface area (Å²) in [5, 5.41) is 21.0. The van der Waals surface area contributed by atoms with Gasteiger partial charge in [0.05, 0.1) is 17.7 Å². The molecule has 0 unspecified atom stereocenters. The van der Waals surface area contributed by atoms with Crippen LogP contribution in [-0.4, -0.2) is 53.9 Å². The van der Waals surface area contributed by atoms with E-state index in [4.69, 9.17) is 21.2 Å². The van der Waals surface area contributed by atoms with E-state index >= 15 is 0 Å². The highest BCUT2D eigenvalue weighted by molar-refractivity contribution is 6.46. The Hall–Kier alpha value is -3.13. The number of ether oxygens (including phenoxy) is 1. The van der Waals surface area contributed by atoms with Crippen molar-refractivity contribution >= 4 is 34.0 Å². The SMILES string of the molecule is CCCOc1ccc([C@@H](O)[C@@H](CN2CCC2)NC(=O)C2=NOCc3c2ccc2ccccc32)cc1Cl. The molecule has 0 spiro atoms. The van der Waals surface area contributed by atoms with E-state index in [1.807, 2.05) is 43.3 Å². The summed E-state index contributed by atoms with van der Waals surface area (Å²) < 4.78 is 5.66. The van der Waals surface area contributed by atoms with E-state index < -0.39 is 12.1 Å². The number of hydrogen-bond donors (Lipinski definition) is 2. The fourth-order valence-corrected chi connectivity index (χ4v) is 4.90. The molecule has 1 fully saturated rings. The van der Waals surface area contributed by atoms with Crippen molar-refractivity contribution in [2.24, 2.45) is 5.16 Å². The second-order valence-electron chi connectivity index (χ2n) is 9.24. The van der Waals surface area contributed by atoms with Gasteiger partial charge in [0, 0.05) is 17.7 Å². The van der Waals surface area contributed by atoms with Gasteiger partial charge in [-0.15, -0.1) is 0 Å². The molecule has 7 nitrogen and oxygen atoms in total. The van der Waals surface area contributed by atoms with Crippen LogP contribution in [0.15, 0.2) is 59.8 Å². The lowest BCUT2D eigenvalue weighted by Crippen LogP contribution is -2.52. The third-order valence-corrected chi connectivity index (χ3v) is 7.03. The summed E-state index contributed by atoms with van der Waals surface area (Å²) in [6.45, 7) is 5.27. The predicted octanol–water partition coefficient (Wildman–Crippen LogP) is 4.44. The molecule has 0 saturated carbocycles. The van der Waals surface area contributed by atoms with Crippen molar-refractivity contribution in [2.75, 3.05) is 26.2 Å². The molecule has 3 aromatic rings. The monoisotopic (exact) mass is 507 g/mol. The Morgan fingerprint density at radius 3 is 2.81 bits per heavy atom. The van der Waals surface area contributed by atoms with Gasteiger partial charge in [-0.3, -0.25) is 4.79 Å². The summed E-state index contributed by atoms with van der Waals surface area (Å²) in [7, 11) is 0. The van der Waals surface area contributed by atoms with E-state index in [-0.39, 0.29) is 11.6 Å². The molecule has 8 heteroatoms. The molecule has 3 aromatic carbocycles. The van der Waals surface area contributed by atoms with E-state index in [9.17, 15) is 9.90 Å². The van der Waals surface area contributed by atoms with Crippen molar-refractivity contribution in [3.63, 3.8) is 0 Å². The first-order valence-corrected chi connectivity index (χ1v) is 12.8. The van der Waals surface area contributed by atoms with Gasteiger partial charge in [0.15, 0.2) is 5.71 Å². The Labute approximate surface area is 215 Å². The standard InChI is InChI=1S/C28H30ClN3O4/c1-2-14-35-25-11-9-19(15-23(25)29)27(33)24(16-32-12-5-13-32)30-28(34)26-21-10-8-18-6-3-4-7-20(18)22(21)17-36-31-26/h3-4,6-11,15,24,27,33H,2,5,12-14,16-17H2,1H3,(H,30,34)/t24-,27-/m1/s1. The zero-order chi connectivity index (χ0) is 25.1. The first kappa shape index (κ1) is 24.6. The predicted molar refractivity (Wildman–Crippen MR) is 140 cm³/mol. The second kappa shape index (κ2) is 10.9. The summed E-state index contributed by atoms with van der Waals surface area (Å²) in [5.74, 6) is 0.195. The summed E-state index contributed by atoms with van der Waals surface area (Å²) in [4.78, 5) is 21.1. The van der Waals surface area contributed by atoms with E-state index in [0.29, 0.717) is 36.1 Å². The molecule has 0 bridgehead atoms. The maximum atomic E-state index is 13.5. The summed E-state index contributed by atoms with van der Waals surface area (Å²) >= 11 is 6.42. The Morgan fingerprint density at radius 2 is 2.06 bits per heavy atom. The lowest BCUT2D eigenvalue weighted by molar-refractivity contribution is -0.116. The van der Waals surface area contributed by atoms with E-state index in [1.165, 1.54) is 0 Å². The zero-order valence-electron chi connectivity index (χ0n) is 20.2. The quantitative estimate of drug-likeness (QED) is 0.447. The number of nitrogens with one attached hydrogen (secondary N) is 1. The number of oxime groups is 1. The number of rotatable bonds is 9. The molecule has 0 aliphatic carbocycles. The van der Waals surface area contributed by atoms with Gasteiger partial charge in [-0.05, 0) is 54.4 Å². The highest BCUT2D eigenvalue weighted by Gasteiger charge is 2.31. The Kier molecular flexibility index (Phi) is 7.41. The van der Waals surface area contributed by atoms with Crippen LogP contribution in [0.3, 0.4) is 0 Å². The maximum absolute atomic E-state index is 13.5. The summed E-state index contributed by atoms with van der Waals surface area (Å²) in [6, 6.07) is 16.6. The van der Waals surface area contributed by atoms with Gasteiger partial charge >= 0.3 is 0 Å². The van der Waals surface area contributed by atoms with Crippen LogP contribution in [0.1, 0.15) is 42.6 Å². The number of hydrogen-bond acceptors (Lipinski definition) is 6. The lowest BCUT2D eigenvalue weighted by Gasteiger charge is -2.36. The van der Waals surface area contributed by atoms with Crippen LogP contribution >= 0.6 is 11.6 Å². The molecule has 188 valence electrons. The first-order valence-electron chi connectivity index (χ1n) is 12.4. The smallest absolute Gasteiger partial charge is 0.274 e. The second-order valence-corrected chi connectivity index (χ2v) is 9.65. The van der Waals surface area contributed by atoms with Crippen LogP contribution in [0, 0.1) is 0 Å². The van der Waals surface area contributed by atoms with Crippen molar-refractivity contribution in [3.8, 4) is 5.75 Å². The van der Waals surface area contributed by atoms with Crippen LogP contribution < -0.4 is 10.1 Å². The highest BCUT2D eigenvalue weighted by Crippen LogP contribution is 2.30. The van der Waals surface area contributed by atoms with Crippen molar-refractivity contribution in [3.05, 3.63) is 76.3 Å². The van der Waals surface area contributed by atoms with Gasteiger partial charge in [-0.1, -0.05) is 66.1 Å². The van der Waals surface area contributed by atoms with Gasteiger partial charge < -0.3 is 24.9 Å². The number of nitrogens with zero attached hydrogens (tertiary/aromatic N) is 2. The molecule has 1 amide bonds. The summed E-state index contributed by atoms with van der Waals surface area (Å²) in [5.41, 5.74) is 2.50. The molecule has 2 heterocycles. The number of fused-ring (bicyclic) bond motifs is 3. The average molecular weight is 508 g/mol. The number of aliphatic hydroxyl groups excluding tert-OH is 1. The topological polar surface area (TPSA) is 83.4 Å². The molecular formula is C28H30ClN3O4. The average Bonchev–Trinajstić information content (AvgIpc) is 2.88. The van der Waals surface area contributed by atoms with Gasteiger partial charge in [0.25, 0.3) is 5.91 Å². The zero-order valence-corrected chi connectivity index (χ0v) is 21.0. The van der Waals surface area contributed by atoms with E-state index in [2.05, 4.69) is 15.4 Å². The van der Waals surface area contributed by atoms with Crippen molar-refractivity contribution in [1.82, 2.24) is 10.2 Å². The number of likely N-dealkylation sites (tertiary alicyclic amines) is 1. The van der Waals surface area contributed by atoms with Gasteiger partial charge in [0.1, 0.15) is 18.5 Å². The van der Waals surface area contributed by atoms with Crippen molar-refractivity contribution in [1.29, 1.82) is 0 Å². The van der Waals surface area contributed by atoms with Gasteiger partial charge in [-0.25, -0.2) is 0 Å². The molecule has 0 radical (unpaired) electrons. The van der Waals surface area contributed by atoms with Crippen LogP contribution in [0.5, 0.6) is 5.75 Å². The number of aliphatic hydroxyl groups is 1. The summed E-state index contributed by atoms with van der Waals surface area (Å²) in [6.07, 6.45) is 1.01. The minimum Gasteiger partial charge on any atom is -0.492 e. The molecule has 36 heavy (non-hydrogen) atoms. The molecule has 2 N–H and O–H groups in total. The van der Waals surface area contributed by atoms with Gasteiger partial charge in [-0.2, -0.15) is 0 Å². The van der Waals surface area contributed by atoms with Crippen molar-refractivity contribution < 1.29 is 19.5 Å². The van der Waals surface area contributed by atoms with E-state index in [1.54, 1.807) is 18.2 Å². The fourth-order valence-electron chi connectivity index (χ4n) is 4.65. The first-order chi connectivity index (χ1) is 17.5. The molecule has 0 aromatic heterocycles. The molecule has 1 saturated heterocycles. The molecule has 2 aliphatic rings. The van der Waals surface area contributed by atoms with Gasteiger partial charge in [0.2, 0.25) is 0 Å². The Bertz CT molecular complexity index is 1290.